The number of nitrogens with one attached hydrogen (secondary N) is 2. The predicted octanol–water partition coefficient (Wildman–Crippen LogP) is 3.44. The van der Waals surface area contributed by atoms with E-state index in [-0.39, 0.29) is 31.2 Å². The van der Waals surface area contributed by atoms with Crippen molar-refractivity contribution in [3.05, 3.63) is 69.5 Å². The lowest BCUT2D eigenvalue weighted by Crippen LogP contribution is -2.31. The van der Waals surface area contributed by atoms with Gasteiger partial charge in [0.1, 0.15) is 6.54 Å². The van der Waals surface area contributed by atoms with E-state index in [9.17, 15) is 14.4 Å². The van der Waals surface area contributed by atoms with E-state index in [1.54, 1.807) is 24.3 Å². The smallest absolute Gasteiger partial charge is 0.325 e. The van der Waals surface area contributed by atoms with Crippen molar-refractivity contribution in [2.24, 2.45) is 0 Å². The van der Waals surface area contributed by atoms with Crippen LogP contribution < -0.4 is 10.6 Å². The quantitative estimate of drug-likeness (QED) is 0.512. The lowest BCUT2D eigenvalue weighted by Gasteiger charge is -2.08. The van der Waals surface area contributed by atoms with Gasteiger partial charge in [0, 0.05) is 16.1 Å². The van der Waals surface area contributed by atoms with Crippen LogP contribution in [0.5, 0.6) is 0 Å². The van der Waals surface area contributed by atoms with Gasteiger partial charge in [-0.25, -0.2) is 4.98 Å². The molecule has 0 saturated carbocycles. The third kappa shape index (κ3) is 6.49. The Balaban J connectivity index is 1.58. The van der Waals surface area contributed by atoms with Crippen molar-refractivity contribution in [2.45, 2.75) is 26.7 Å². The predicted molar refractivity (Wildman–Crippen MR) is 125 cm³/mol. The summed E-state index contributed by atoms with van der Waals surface area (Å²) in [5, 5.41) is 6.30. The summed E-state index contributed by atoms with van der Waals surface area (Å²) < 4.78 is 4.49. The number of benzene rings is 2. The molecule has 1 heterocycles. The molecule has 3 aromatic rings. The van der Waals surface area contributed by atoms with Crippen molar-refractivity contribution < 1.29 is 19.1 Å². The summed E-state index contributed by atoms with van der Waals surface area (Å²) in [5.74, 6) is -0.917. The molecule has 1 aromatic heterocycles. The Morgan fingerprint density at radius 1 is 0.938 bits per heavy atom. The summed E-state index contributed by atoms with van der Waals surface area (Å²) in [6, 6.07) is 15.1. The molecule has 0 atom stereocenters. The fourth-order valence-electron chi connectivity index (χ4n) is 3.07. The van der Waals surface area contributed by atoms with Gasteiger partial charge in [-0.2, -0.15) is 0 Å². The average molecular weight is 452 g/mol. The minimum absolute atomic E-state index is 0.130. The molecular formula is C24H25N3O4S. The molecule has 0 aliphatic rings. The third-order valence-corrected chi connectivity index (χ3v) is 5.68. The van der Waals surface area contributed by atoms with Crippen LogP contribution in [-0.2, 0) is 32.0 Å². The van der Waals surface area contributed by atoms with E-state index in [2.05, 4.69) is 20.4 Å². The lowest BCUT2D eigenvalue weighted by atomic mass is 10.1. The summed E-state index contributed by atoms with van der Waals surface area (Å²) in [6.45, 7) is 3.80. The van der Waals surface area contributed by atoms with Crippen LogP contribution in [0.25, 0.3) is 11.3 Å². The van der Waals surface area contributed by atoms with E-state index in [1.165, 1.54) is 24.0 Å². The lowest BCUT2D eigenvalue weighted by molar-refractivity contribution is -0.141. The number of anilines is 1. The van der Waals surface area contributed by atoms with Crippen molar-refractivity contribution in [1.29, 1.82) is 0 Å². The highest BCUT2D eigenvalue weighted by Gasteiger charge is 2.15. The molecule has 0 saturated heterocycles. The number of rotatable bonds is 8. The number of esters is 1. The summed E-state index contributed by atoms with van der Waals surface area (Å²) in [5.41, 5.74) is 4.43. The Labute approximate surface area is 190 Å². The van der Waals surface area contributed by atoms with Crippen molar-refractivity contribution in [3.8, 4) is 11.3 Å². The van der Waals surface area contributed by atoms with E-state index in [0.29, 0.717) is 5.69 Å². The van der Waals surface area contributed by atoms with Crippen molar-refractivity contribution >= 4 is 34.8 Å². The van der Waals surface area contributed by atoms with Crippen molar-refractivity contribution in [3.63, 3.8) is 0 Å². The molecule has 2 aromatic carbocycles. The number of hydrogen-bond donors (Lipinski definition) is 2. The van der Waals surface area contributed by atoms with Crippen LogP contribution >= 0.6 is 11.3 Å². The topological polar surface area (TPSA) is 97.4 Å². The Kier molecular flexibility index (Phi) is 7.72. The van der Waals surface area contributed by atoms with Crippen LogP contribution in [0.1, 0.15) is 21.0 Å². The second-order valence-electron chi connectivity index (χ2n) is 7.32. The molecule has 2 N–H and O–H groups in total. The van der Waals surface area contributed by atoms with E-state index in [0.717, 1.165) is 26.7 Å². The molecular weight excluding hydrogens is 426 g/mol. The van der Waals surface area contributed by atoms with Gasteiger partial charge in [0.15, 0.2) is 0 Å². The van der Waals surface area contributed by atoms with Gasteiger partial charge >= 0.3 is 5.97 Å². The van der Waals surface area contributed by atoms with Crippen molar-refractivity contribution in [1.82, 2.24) is 10.3 Å². The van der Waals surface area contributed by atoms with Crippen LogP contribution in [0.3, 0.4) is 0 Å². The number of methoxy groups -OCH3 is 1. The fraction of sp³-hybridized carbons (Fsp3) is 0.250. The molecule has 0 spiro atoms. The minimum atomic E-state index is -0.502. The first-order valence-corrected chi connectivity index (χ1v) is 10.9. The van der Waals surface area contributed by atoms with Crippen LogP contribution in [0.2, 0.25) is 0 Å². The summed E-state index contributed by atoms with van der Waals surface area (Å²) >= 11 is 1.52. The zero-order valence-electron chi connectivity index (χ0n) is 18.2. The molecule has 2 amide bonds. The molecule has 0 unspecified atom stereocenters. The normalized spacial score (nSPS) is 10.5. The second kappa shape index (κ2) is 10.7. The molecule has 0 fully saturated rings. The first-order valence-electron chi connectivity index (χ1n) is 10.1. The van der Waals surface area contributed by atoms with Crippen LogP contribution in [-0.4, -0.2) is 36.4 Å². The number of ether oxygens (including phenoxy) is 1. The monoisotopic (exact) mass is 451 g/mol. The fourth-order valence-corrected chi connectivity index (χ4v) is 4.03. The molecule has 0 radical (unpaired) electrons. The van der Waals surface area contributed by atoms with E-state index in [4.69, 9.17) is 0 Å². The van der Waals surface area contributed by atoms with Crippen molar-refractivity contribution in [2.75, 3.05) is 19.0 Å². The SMILES string of the molecule is COC(=O)CNC(=O)Cc1ccc(NC(=O)Cc2sc(C)nc2-c2ccc(C)cc2)cc1. The summed E-state index contributed by atoms with van der Waals surface area (Å²) in [4.78, 5) is 41.1. The Morgan fingerprint density at radius 2 is 1.62 bits per heavy atom. The van der Waals surface area contributed by atoms with Crippen LogP contribution in [0.4, 0.5) is 5.69 Å². The molecule has 0 bridgehead atoms. The largest absolute Gasteiger partial charge is 0.468 e. The molecule has 32 heavy (non-hydrogen) atoms. The highest BCUT2D eigenvalue weighted by Crippen LogP contribution is 2.29. The van der Waals surface area contributed by atoms with E-state index < -0.39 is 5.97 Å². The maximum absolute atomic E-state index is 12.6. The first-order chi connectivity index (χ1) is 15.3. The van der Waals surface area contributed by atoms with Gasteiger partial charge in [-0.1, -0.05) is 42.0 Å². The number of carbonyl (C=O) groups excluding carboxylic acids is 3. The molecule has 7 nitrogen and oxygen atoms in total. The standard InChI is InChI=1S/C24H25N3O4S/c1-15-4-8-18(9-5-15)24-20(32-16(2)26-24)13-22(29)27-19-10-6-17(7-11-19)12-21(28)25-14-23(30)31-3/h4-11H,12-14H2,1-3H3,(H,25,28)(H,27,29). The molecule has 8 heteroatoms. The zero-order valence-corrected chi connectivity index (χ0v) is 19.0. The zero-order chi connectivity index (χ0) is 23.1. The van der Waals surface area contributed by atoms with Gasteiger partial charge in [0.25, 0.3) is 0 Å². The molecule has 0 aliphatic heterocycles. The number of amides is 2. The van der Waals surface area contributed by atoms with Gasteiger partial charge in [0.2, 0.25) is 11.8 Å². The maximum atomic E-state index is 12.6. The highest BCUT2D eigenvalue weighted by molar-refractivity contribution is 7.12. The second-order valence-corrected chi connectivity index (χ2v) is 8.61. The van der Waals surface area contributed by atoms with Gasteiger partial charge in [-0.15, -0.1) is 11.3 Å². The number of aryl methyl sites for hydroxylation is 2. The number of thiazole rings is 1. The van der Waals surface area contributed by atoms with Gasteiger partial charge < -0.3 is 15.4 Å². The van der Waals surface area contributed by atoms with Gasteiger partial charge in [-0.05, 0) is 31.5 Å². The highest BCUT2D eigenvalue weighted by atomic mass is 32.1. The van der Waals surface area contributed by atoms with E-state index in [1.807, 2.05) is 38.1 Å². The summed E-state index contributed by atoms with van der Waals surface area (Å²) in [6.07, 6.45) is 0.359. The molecule has 3 rings (SSSR count). The molecule has 0 aliphatic carbocycles. The summed E-state index contributed by atoms with van der Waals surface area (Å²) in [7, 11) is 1.26. The average Bonchev–Trinajstić information content (AvgIpc) is 3.13. The number of hydrogen-bond acceptors (Lipinski definition) is 6. The number of carbonyl (C=O) groups is 3. The number of aromatic nitrogens is 1. The minimum Gasteiger partial charge on any atom is -0.468 e. The number of nitrogens with zero attached hydrogens (tertiary/aromatic N) is 1. The first kappa shape index (κ1) is 23.1. The Hall–Kier alpha value is -3.52. The van der Waals surface area contributed by atoms with E-state index >= 15 is 0 Å². The Bertz CT molecular complexity index is 1110. The van der Waals surface area contributed by atoms with Crippen LogP contribution in [0.15, 0.2) is 48.5 Å². The van der Waals surface area contributed by atoms with Gasteiger partial charge in [-0.3, -0.25) is 14.4 Å². The Morgan fingerprint density at radius 3 is 2.28 bits per heavy atom. The third-order valence-electron chi connectivity index (χ3n) is 4.71. The maximum Gasteiger partial charge on any atom is 0.325 e. The van der Waals surface area contributed by atoms with Gasteiger partial charge in [0.05, 0.1) is 30.7 Å². The molecule has 166 valence electrons. The van der Waals surface area contributed by atoms with Crippen LogP contribution in [0, 0.1) is 13.8 Å².